The molecule has 1 aromatic rings. The quantitative estimate of drug-likeness (QED) is 0.789. The smallest absolute Gasteiger partial charge is 0.303 e. The number of ether oxygens (including phenoxy) is 1. The van der Waals surface area contributed by atoms with Gasteiger partial charge in [0.05, 0.1) is 19.8 Å². The van der Waals surface area contributed by atoms with E-state index in [0.29, 0.717) is 38.7 Å². The van der Waals surface area contributed by atoms with Gasteiger partial charge >= 0.3 is 5.91 Å². The van der Waals surface area contributed by atoms with Gasteiger partial charge in [-0.1, -0.05) is 30.3 Å². The van der Waals surface area contributed by atoms with Crippen molar-refractivity contribution in [2.75, 3.05) is 26.3 Å². The Morgan fingerprint density at radius 2 is 1.90 bits per heavy atom. The van der Waals surface area contributed by atoms with Crippen molar-refractivity contribution in [2.24, 2.45) is 4.40 Å². The zero-order valence-electron chi connectivity index (χ0n) is 10.9. The molecule has 2 aliphatic rings. The molecule has 0 bridgehead atoms. The Kier molecular flexibility index (Phi) is 3.79. The monoisotopic (exact) mass is 293 g/mol. The van der Waals surface area contributed by atoms with Crippen molar-refractivity contribution in [1.29, 1.82) is 0 Å². The lowest BCUT2D eigenvalue weighted by atomic mass is 10.2. The van der Waals surface area contributed by atoms with Gasteiger partial charge < -0.3 is 9.64 Å². The summed E-state index contributed by atoms with van der Waals surface area (Å²) >= 11 is -1.63. The predicted octanol–water partition coefficient (Wildman–Crippen LogP) is 0.338. The lowest BCUT2D eigenvalue weighted by Gasteiger charge is -2.27. The SMILES string of the molecule is O=C1C(N2CCOCC2)=NS(=O)N1Cc1ccccc1. The summed E-state index contributed by atoms with van der Waals surface area (Å²) in [5.74, 6) is 0.0247. The molecule has 1 saturated heterocycles. The fraction of sp³-hybridized carbons (Fsp3) is 0.385. The molecule has 0 aromatic heterocycles. The van der Waals surface area contributed by atoms with E-state index in [0.717, 1.165) is 5.56 Å². The summed E-state index contributed by atoms with van der Waals surface area (Å²) in [6.45, 7) is 2.67. The van der Waals surface area contributed by atoms with Crippen LogP contribution in [-0.4, -0.2) is 51.5 Å². The summed E-state index contributed by atoms with van der Waals surface area (Å²) in [5.41, 5.74) is 0.938. The van der Waals surface area contributed by atoms with Crippen LogP contribution in [0, 0.1) is 0 Å². The van der Waals surface area contributed by atoms with Crippen LogP contribution in [0.3, 0.4) is 0 Å². The first-order valence-electron chi connectivity index (χ1n) is 6.45. The Labute approximate surface area is 119 Å². The second kappa shape index (κ2) is 5.72. The van der Waals surface area contributed by atoms with Crippen molar-refractivity contribution in [2.45, 2.75) is 6.54 Å². The van der Waals surface area contributed by atoms with Gasteiger partial charge in [0.2, 0.25) is 5.84 Å². The first-order chi connectivity index (χ1) is 9.75. The van der Waals surface area contributed by atoms with Crippen LogP contribution >= 0.6 is 0 Å². The van der Waals surface area contributed by atoms with Gasteiger partial charge in [0.1, 0.15) is 0 Å². The maximum Gasteiger partial charge on any atom is 0.303 e. The molecule has 6 nitrogen and oxygen atoms in total. The summed E-state index contributed by atoms with van der Waals surface area (Å²) in [5, 5.41) is 0. The minimum Gasteiger partial charge on any atom is -0.378 e. The number of hydrogen-bond acceptors (Lipinski definition) is 4. The molecule has 7 heteroatoms. The maximum absolute atomic E-state index is 12.3. The van der Waals surface area contributed by atoms with Crippen molar-refractivity contribution < 1.29 is 13.7 Å². The van der Waals surface area contributed by atoms with E-state index >= 15 is 0 Å². The molecule has 0 spiro atoms. The van der Waals surface area contributed by atoms with Gasteiger partial charge in [-0.15, -0.1) is 4.40 Å². The van der Waals surface area contributed by atoms with Crippen LogP contribution in [0.4, 0.5) is 0 Å². The van der Waals surface area contributed by atoms with Crippen LogP contribution < -0.4 is 0 Å². The van der Waals surface area contributed by atoms with Crippen molar-refractivity contribution in [3.05, 3.63) is 35.9 Å². The third-order valence-corrected chi connectivity index (χ3v) is 4.25. The molecule has 0 radical (unpaired) electrons. The average molecular weight is 293 g/mol. The molecule has 2 aliphatic heterocycles. The van der Waals surface area contributed by atoms with E-state index in [1.807, 2.05) is 35.2 Å². The highest BCUT2D eigenvalue weighted by Crippen LogP contribution is 2.17. The molecule has 0 N–H and O–H groups in total. The first kappa shape index (κ1) is 13.3. The molecule has 1 aromatic carbocycles. The Hall–Kier alpha value is -1.73. The standard InChI is InChI=1S/C13H15N3O3S/c17-13-12(15-6-8-19-9-7-15)14-20(18)16(13)10-11-4-2-1-3-5-11/h1-5H,6-10H2. The highest BCUT2D eigenvalue weighted by atomic mass is 32.2. The van der Waals surface area contributed by atoms with Crippen LogP contribution in [0.25, 0.3) is 0 Å². The molecule has 3 rings (SSSR count). The zero-order valence-corrected chi connectivity index (χ0v) is 11.7. The van der Waals surface area contributed by atoms with E-state index in [4.69, 9.17) is 4.74 Å². The van der Waals surface area contributed by atoms with Crippen LogP contribution in [0.2, 0.25) is 0 Å². The van der Waals surface area contributed by atoms with E-state index < -0.39 is 11.2 Å². The summed E-state index contributed by atoms with van der Waals surface area (Å²) in [6.07, 6.45) is 0. The van der Waals surface area contributed by atoms with E-state index in [-0.39, 0.29) is 5.91 Å². The number of nitrogens with zero attached hydrogens (tertiary/aromatic N) is 3. The number of amides is 1. The van der Waals surface area contributed by atoms with Crippen LogP contribution in [0.1, 0.15) is 5.56 Å². The molecular weight excluding hydrogens is 278 g/mol. The molecular formula is C13H15N3O3S. The number of benzene rings is 1. The Morgan fingerprint density at radius 3 is 2.60 bits per heavy atom. The number of hydrogen-bond donors (Lipinski definition) is 0. The van der Waals surface area contributed by atoms with Gasteiger partial charge in [0.15, 0.2) is 0 Å². The number of carbonyl (C=O) groups is 1. The van der Waals surface area contributed by atoms with Crippen LogP contribution in [-0.2, 0) is 27.2 Å². The van der Waals surface area contributed by atoms with E-state index in [1.54, 1.807) is 0 Å². The van der Waals surface area contributed by atoms with Gasteiger partial charge in [-0.25, -0.2) is 8.51 Å². The number of rotatable bonds is 2. The predicted molar refractivity (Wildman–Crippen MR) is 75.0 cm³/mol. The average Bonchev–Trinajstić information content (AvgIpc) is 2.77. The van der Waals surface area contributed by atoms with E-state index in [1.165, 1.54) is 4.31 Å². The van der Waals surface area contributed by atoms with Gasteiger partial charge in [-0.3, -0.25) is 4.79 Å². The molecule has 0 aliphatic carbocycles. The second-order valence-corrected chi connectivity index (χ2v) is 5.66. The minimum atomic E-state index is -1.63. The second-order valence-electron chi connectivity index (χ2n) is 4.57. The van der Waals surface area contributed by atoms with E-state index in [9.17, 15) is 9.00 Å². The van der Waals surface area contributed by atoms with E-state index in [2.05, 4.69) is 4.40 Å². The molecule has 20 heavy (non-hydrogen) atoms. The summed E-state index contributed by atoms with van der Waals surface area (Å²) in [7, 11) is 0. The molecule has 1 atom stereocenters. The highest BCUT2D eigenvalue weighted by molar-refractivity contribution is 7.82. The molecule has 1 unspecified atom stereocenters. The lowest BCUT2D eigenvalue weighted by molar-refractivity contribution is -0.120. The maximum atomic E-state index is 12.3. The Bertz CT molecular complexity index is 555. The summed E-state index contributed by atoms with van der Waals surface area (Å²) in [4.78, 5) is 14.2. The van der Waals surface area contributed by atoms with Gasteiger partial charge in [-0.05, 0) is 5.56 Å². The van der Waals surface area contributed by atoms with Crippen molar-refractivity contribution in [1.82, 2.24) is 9.21 Å². The van der Waals surface area contributed by atoms with Crippen LogP contribution in [0.15, 0.2) is 34.7 Å². The third-order valence-electron chi connectivity index (χ3n) is 3.25. The lowest BCUT2D eigenvalue weighted by Crippen LogP contribution is -2.45. The van der Waals surface area contributed by atoms with Crippen molar-refractivity contribution in [3.63, 3.8) is 0 Å². The first-order valence-corrected chi connectivity index (χ1v) is 7.51. The summed E-state index contributed by atoms with van der Waals surface area (Å²) < 4.78 is 22.6. The third kappa shape index (κ3) is 2.59. The fourth-order valence-corrected chi connectivity index (χ4v) is 3.11. The van der Waals surface area contributed by atoms with Gasteiger partial charge in [-0.2, -0.15) is 0 Å². The Balaban J connectivity index is 1.73. The highest BCUT2D eigenvalue weighted by Gasteiger charge is 2.36. The molecule has 0 saturated carbocycles. The Morgan fingerprint density at radius 1 is 1.20 bits per heavy atom. The van der Waals surface area contributed by atoms with Gasteiger partial charge in [0.25, 0.3) is 11.2 Å². The topological polar surface area (TPSA) is 62.2 Å². The van der Waals surface area contributed by atoms with Crippen molar-refractivity contribution in [3.8, 4) is 0 Å². The van der Waals surface area contributed by atoms with Crippen LogP contribution in [0.5, 0.6) is 0 Å². The summed E-state index contributed by atoms with van der Waals surface area (Å²) in [6, 6.07) is 9.49. The normalized spacial score (nSPS) is 23.1. The van der Waals surface area contributed by atoms with Gasteiger partial charge in [0, 0.05) is 13.1 Å². The zero-order chi connectivity index (χ0) is 13.9. The number of amidine groups is 1. The van der Waals surface area contributed by atoms with Crippen molar-refractivity contribution >= 4 is 22.9 Å². The molecule has 1 amide bonds. The largest absolute Gasteiger partial charge is 0.378 e. The minimum absolute atomic E-state index is 0.269. The number of morpholine rings is 1. The molecule has 106 valence electrons. The molecule has 2 heterocycles. The molecule has 1 fully saturated rings. The fourth-order valence-electron chi connectivity index (χ4n) is 2.19. The number of carbonyl (C=O) groups excluding carboxylic acids is 1.